The summed E-state index contributed by atoms with van der Waals surface area (Å²) in [7, 11) is 1.80. The van der Waals surface area contributed by atoms with Crippen LogP contribution in [-0.4, -0.2) is 22.0 Å². The van der Waals surface area contributed by atoms with E-state index in [2.05, 4.69) is 20.3 Å². The number of H-pyrrole nitrogens is 1. The molecule has 0 unspecified atom stereocenters. The maximum atomic E-state index is 5.69. The van der Waals surface area contributed by atoms with Gasteiger partial charge >= 0.3 is 0 Å². The Kier molecular flexibility index (Phi) is 1.48. The smallest absolute Gasteiger partial charge is 0.223 e. The van der Waals surface area contributed by atoms with Gasteiger partial charge in [-0.1, -0.05) is 0 Å². The first-order chi connectivity index (χ1) is 6.22. The van der Waals surface area contributed by atoms with Gasteiger partial charge in [0.1, 0.15) is 11.5 Å². The minimum atomic E-state index is 0.175. The van der Waals surface area contributed by atoms with E-state index in [0.29, 0.717) is 11.5 Å². The standard InChI is InChI=1S/C7H10N6/c1-10-3-2-11-6-4(3)5(8)12-7(9)13-6/h2,10H,1H3,(H5,8,9,11,12,13). The lowest BCUT2D eigenvalue weighted by atomic mass is 10.3. The Bertz CT molecular complexity index is 445. The van der Waals surface area contributed by atoms with Gasteiger partial charge in [0, 0.05) is 13.2 Å². The fraction of sp³-hybridized carbons (Fsp3) is 0.143. The van der Waals surface area contributed by atoms with E-state index in [-0.39, 0.29) is 5.95 Å². The van der Waals surface area contributed by atoms with Crippen molar-refractivity contribution >= 4 is 28.5 Å². The Hall–Kier alpha value is -1.98. The zero-order valence-electron chi connectivity index (χ0n) is 7.13. The van der Waals surface area contributed by atoms with Crippen LogP contribution < -0.4 is 16.8 Å². The van der Waals surface area contributed by atoms with E-state index in [1.165, 1.54) is 0 Å². The van der Waals surface area contributed by atoms with E-state index in [4.69, 9.17) is 11.5 Å². The van der Waals surface area contributed by atoms with E-state index in [0.717, 1.165) is 11.1 Å². The molecule has 2 rings (SSSR count). The van der Waals surface area contributed by atoms with Gasteiger partial charge < -0.3 is 21.8 Å². The average molecular weight is 178 g/mol. The first kappa shape index (κ1) is 7.66. The van der Waals surface area contributed by atoms with Crippen molar-refractivity contribution in [2.24, 2.45) is 0 Å². The first-order valence-corrected chi connectivity index (χ1v) is 3.80. The number of nitrogens with two attached hydrogens (primary N) is 2. The molecule has 0 spiro atoms. The third-order valence-electron chi connectivity index (χ3n) is 1.85. The number of nitrogen functional groups attached to an aromatic ring is 2. The predicted molar refractivity (Wildman–Crippen MR) is 52.3 cm³/mol. The third-order valence-corrected chi connectivity index (χ3v) is 1.85. The van der Waals surface area contributed by atoms with Gasteiger partial charge in [-0.3, -0.25) is 0 Å². The summed E-state index contributed by atoms with van der Waals surface area (Å²) in [6, 6.07) is 0. The van der Waals surface area contributed by atoms with Crippen LogP contribution in [0.4, 0.5) is 17.5 Å². The molecule has 0 aromatic carbocycles. The van der Waals surface area contributed by atoms with Crippen molar-refractivity contribution in [2.75, 3.05) is 23.8 Å². The fourth-order valence-corrected chi connectivity index (χ4v) is 1.28. The normalized spacial score (nSPS) is 10.5. The maximum Gasteiger partial charge on any atom is 0.223 e. The van der Waals surface area contributed by atoms with Crippen LogP contribution in [0.5, 0.6) is 0 Å². The largest absolute Gasteiger partial charge is 0.386 e. The van der Waals surface area contributed by atoms with Gasteiger partial charge in [-0.15, -0.1) is 0 Å². The molecule has 0 bridgehead atoms. The molecule has 2 aromatic rings. The summed E-state index contributed by atoms with van der Waals surface area (Å²) in [4.78, 5) is 10.8. The van der Waals surface area contributed by atoms with Crippen LogP contribution in [0.25, 0.3) is 11.0 Å². The van der Waals surface area contributed by atoms with Crippen LogP contribution in [0.3, 0.4) is 0 Å². The number of aromatic nitrogens is 3. The number of hydrogen-bond acceptors (Lipinski definition) is 5. The second kappa shape index (κ2) is 2.51. The zero-order chi connectivity index (χ0) is 9.42. The quantitative estimate of drug-likeness (QED) is 0.498. The molecule has 6 heteroatoms. The van der Waals surface area contributed by atoms with E-state index in [9.17, 15) is 0 Å². The second-order valence-electron chi connectivity index (χ2n) is 2.64. The maximum absolute atomic E-state index is 5.69. The number of nitrogens with one attached hydrogen (secondary N) is 2. The van der Waals surface area contributed by atoms with E-state index >= 15 is 0 Å². The lowest BCUT2D eigenvalue weighted by Gasteiger charge is -1.99. The average Bonchev–Trinajstić information content (AvgIpc) is 2.47. The van der Waals surface area contributed by atoms with Gasteiger partial charge in [0.15, 0.2) is 0 Å². The molecule has 2 aromatic heterocycles. The molecule has 6 nitrogen and oxygen atoms in total. The molecule has 6 N–H and O–H groups in total. The lowest BCUT2D eigenvalue weighted by Crippen LogP contribution is -2.00. The summed E-state index contributed by atoms with van der Waals surface area (Å²) < 4.78 is 0. The molecular formula is C7H10N6. The molecule has 0 radical (unpaired) electrons. The van der Waals surface area contributed by atoms with Crippen molar-refractivity contribution in [2.45, 2.75) is 0 Å². The number of fused-ring (bicyclic) bond motifs is 1. The molecule has 0 aliphatic carbocycles. The topological polar surface area (TPSA) is 106 Å². The van der Waals surface area contributed by atoms with Crippen LogP contribution in [-0.2, 0) is 0 Å². The van der Waals surface area contributed by atoms with Gasteiger partial charge in [0.2, 0.25) is 5.95 Å². The fourth-order valence-electron chi connectivity index (χ4n) is 1.28. The highest BCUT2D eigenvalue weighted by Crippen LogP contribution is 2.25. The predicted octanol–water partition coefficient (Wildman–Crippen LogP) is 0.164. The molecule has 68 valence electrons. The summed E-state index contributed by atoms with van der Waals surface area (Å²) in [6.07, 6.45) is 1.77. The Morgan fingerprint density at radius 1 is 1.38 bits per heavy atom. The van der Waals surface area contributed by atoms with Crippen molar-refractivity contribution in [3.63, 3.8) is 0 Å². The Balaban J connectivity index is 2.82. The molecule has 0 aliphatic rings. The van der Waals surface area contributed by atoms with E-state index < -0.39 is 0 Å². The third kappa shape index (κ3) is 1.03. The summed E-state index contributed by atoms with van der Waals surface area (Å²) in [5.41, 5.74) is 12.6. The summed E-state index contributed by atoms with van der Waals surface area (Å²) in [5.74, 6) is 0.558. The van der Waals surface area contributed by atoms with Crippen LogP contribution in [0.1, 0.15) is 0 Å². The molecule has 0 saturated carbocycles. The number of rotatable bonds is 1. The Morgan fingerprint density at radius 3 is 2.85 bits per heavy atom. The highest BCUT2D eigenvalue weighted by Gasteiger charge is 2.08. The molecule has 13 heavy (non-hydrogen) atoms. The van der Waals surface area contributed by atoms with Crippen LogP contribution in [0.15, 0.2) is 6.20 Å². The van der Waals surface area contributed by atoms with Crippen LogP contribution in [0, 0.1) is 0 Å². The number of anilines is 3. The summed E-state index contributed by atoms with van der Waals surface area (Å²) in [5, 5.41) is 3.75. The van der Waals surface area contributed by atoms with Crippen molar-refractivity contribution < 1.29 is 0 Å². The first-order valence-electron chi connectivity index (χ1n) is 3.80. The van der Waals surface area contributed by atoms with Gasteiger partial charge in [-0.2, -0.15) is 9.97 Å². The molecule has 0 saturated heterocycles. The second-order valence-corrected chi connectivity index (χ2v) is 2.64. The van der Waals surface area contributed by atoms with Gasteiger partial charge in [0.25, 0.3) is 0 Å². The SMILES string of the molecule is CNc1c[nH]c2nc(N)nc(N)c12. The molecular weight excluding hydrogens is 168 g/mol. The van der Waals surface area contributed by atoms with E-state index in [1.54, 1.807) is 13.2 Å². The Labute approximate surface area is 74.4 Å². The van der Waals surface area contributed by atoms with Crippen molar-refractivity contribution in [3.8, 4) is 0 Å². The van der Waals surface area contributed by atoms with Crippen molar-refractivity contribution in [1.29, 1.82) is 0 Å². The highest BCUT2D eigenvalue weighted by molar-refractivity contribution is 5.98. The minimum Gasteiger partial charge on any atom is -0.386 e. The van der Waals surface area contributed by atoms with Gasteiger partial charge in [0.05, 0.1) is 11.1 Å². The van der Waals surface area contributed by atoms with Crippen molar-refractivity contribution in [3.05, 3.63) is 6.20 Å². The molecule has 2 heterocycles. The Morgan fingerprint density at radius 2 is 2.15 bits per heavy atom. The molecule has 0 atom stereocenters. The zero-order valence-corrected chi connectivity index (χ0v) is 7.13. The number of aromatic amines is 1. The molecule has 0 amide bonds. The highest BCUT2D eigenvalue weighted by atomic mass is 15.1. The minimum absolute atomic E-state index is 0.175. The number of hydrogen-bond donors (Lipinski definition) is 4. The van der Waals surface area contributed by atoms with Crippen LogP contribution in [0.2, 0.25) is 0 Å². The molecule has 0 fully saturated rings. The summed E-state index contributed by atoms with van der Waals surface area (Å²) >= 11 is 0. The van der Waals surface area contributed by atoms with Crippen LogP contribution >= 0.6 is 0 Å². The van der Waals surface area contributed by atoms with Gasteiger partial charge in [-0.25, -0.2) is 0 Å². The van der Waals surface area contributed by atoms with E-state index in [1.807, 2.05) is 0 Å². The summed E-state index contributed by atoms with van der Waals surface area (Å²) in [6.45, 7) is 0. The molecule has 0 aliphatic heterocycles. The monoisotopic (exact) mass is 178 g/mol. The van der Waals surface area contributed by atoms with Crippen molar-refractivity contribution in [1.82, 2.24) is 15.0 Å². The number of nitrogens with zero attached hydrogens (tertiary/aromatic N) is 2. The van der Waals surface area contributed by atoms with Gasteiger partial charge in [-0.05, 0) is 0 Å². The lowest BCUT2D eigenvalue weighted by molar-refractivity contribution is 1.22.